The maximum Gasteiger partial charge on any atom is 0.298 e. The number of carbonyl (C=O) groups is 1. The number of para-hydroxylation sites is 2. The van der Waals surface area contributed by atoms with Crippen LogP contribution < -0.4 is 15.1 Å². The predicted octanol–water partition coefficient (Wildman–Crippen LogP) is 3.29. The molecule has 1 atom stereocenters. The molecule has 4 rings (SSSR count). The van der Waals surface area contributed by atoms with Crippen molar-refractivity contribution in [2.75, 3.05) is 37.0 Å². The molecule has 6 heteroatoms. The summed E-state index contributed by atoms with van der Waals surface area (Å²) in [4.78, 5) is 21.3. The quantitative estimate of drug-likeness (QED) is 0.753. The second-order valence-electron chi connectivity index (χ2n) is 7.10. The number of oxazole rings is 1. The summed E-state index contributed by atoms with van der Waals surface area (Å²) in [5.41, 5.74) is 3.41. The van der Waals surface area contributed by atoms with E-state index in [1.807, 2.05) is 67.5 Å². The Morgan fingerprint density at radius 3 is 2.74 bits per heavy atom. The van der Waals surface area contributed by atoms with Crippen molar-refractivity contribution in [2.24, 2.45) is 0 Å². The van der Waals surface area contributed by atoms with E-state index < -0.39 is 0 Å². The number of fused-ring (bicyclic) bond motifs is 1. The van der Waals surface area contributed by atoms with Crippen LogP contribution in [0, 0.1) is 0 Å². The molecule has 0 radical (unpaired) electrons. The van der Waals surface area contributed by atoms with Gasteiger partial charge in [-0.3, -0.25) is 4.79 Å². The van der Waals surface area contributed by atoms with Crippen molar-refractivity contribution in [1.82, 2.24) is 10.3 Å². The third-order valence-corrected chi connectivity index (χ3v) is 5.05. The van der Waals surface area contributed by atoms with Gasteiger partial charge in [0, 0.05) is 38.4 Å². The third kappa shape index (κ3) is 3.60. The highest BCUT2D eigenvalue weighted by molar-refractivity contribution is 5.94. The fourth-order valence-electron chi connectivity index (χ4n) is 3.51. The summed E-state index contributed by atoms with van der Waals surface area (Å²) >= 11 is 0. The number of rotatable bonds is 5. The van der Waals surface area contributed by atoms with E-state index in [9.17, 15) is 4.79 Å². The predicted molar refractivity (Wildman–Crippen MR) is 107 cm³/mol. The number of nitrogens with zero attached hydrogens (tertiary/aromatic N) is 3. The largest absolute Gasteiger partial charge is 0.423 e. The maximum atomic E-state index is 12.5. The van der Waals surface area contributed by atoms with Crippen LogP contribution in [0.25, 0.3) is 11.1 Å². The van der Waals surface area contributed by atoms with Crippen molar-refractivity contribution >= 4 is 28.7 Å². The third-order valence-electron chi connectivity index (χ3n) is 5.05. The molecule has 27 heavy (non-hydrogen) atoms. The lowest BCUT2D eigenvalue weighted by Crippen LogP contribution is -2.40. The molecular weight excluding hydrogens is 340 g/mol. The van der Waals surface area contributed by atoms with E-state index in [0.29, 0.717) is 18.1 Å². The summed E-state index contributed by atoms with van der Waals surface area (Å²) in [6, 6.07) is 16.2. The topological polar surface area (TPSA) is 61.6 Å². The molecule has 0 bridgehead atoms. The van der Waals surface area contributed by atoms with Crippen LogP contribution in [0.1, 0.15) is 23.2 Å². The van der Waals surface area contributed by atoms with Crippen LogP contribution in [-0.2, 0) is 0 Å². The summed E-state index contributed by atoms with van der Waals surface area (Å²) in [7, 11) is 3.96. The smallest absolute Gasteiger partial charge is 0.298 e. The second-order valence-corrected chi connectivity index (χ2v) is 7.10. The van der Waals surface area contributed by atoms with E-state index in [1.165, 1.54) is 0 Å². The molecule has 1 fully saturated rings. The molecule has 140 valence electrons. The number of amides is 1. The molecule has 6 nitrogen and oxygen atoms in total. The van der Waals surface area contributed by atoms with Crippen molar-refractivity contribution in [1.29, 1.82) is 0 Å². The highest BCUT2D eigenvalue weighted by Gasteiger charge is 2.28. The molecule has 3 aromatic rings. The highest BCUT2D eigenvalue weighted by atomic mass is 16.4. The van der Waals surface area contributed by atoms with Gasteiger partial charge in [0.1, 0.15) is 5.52 Å². The van der Waals surface area contributed by atoms with E-state index in [4.69, 9.17) is 4.42 Å². The van der Waals surface area contributed by atoms with Gasteiger partial charge in [0.05, 0.1) is 6.04 Å². The fraction of sp³-hybridized carbons (Fsp3) is 0.333. The van der Waals surface area contributed by atoms with Crippen LogP contribution in [0.5, 0.6) is 0 Å². The van der Waals surface area contributed by atoms with Crippen molar-refractivity contribution < 1.29 is 9.21 Å². The molecule has 2 aromatic carbocycles. The summed E-state index contributed by atoms with van der Waals surface area (Å²) in [6.45, 7) is 1.47. The van der Waals surface area contributed by atoms with Gasteiger partial charge < -0.3 is 19.5 Å². The van der Waals surface area contributed by atoms with Crippen molar-refractivity contribution in [3.8, 4) is 0 Å². The number of hydrogen-bond donors (Lipinski definition) is 1. The average molecular weight is 364 g/mol. The lowest BCUT2D eigenvalue weighted by molar-refractivity contribution is 0.0951. The number of aromatic nitrogens is 1. The summed E-state index contributed by atoms with van der Waals surface area (Å²) < 4.78 is 5.91. The summed E-state index contributed by atoms with van der Waals surface area (Å²) in [5, 5.41) is 3.06. The Bertz CT molecular complexity index is 900. The van der Waals surface area contributed by atoms with E-state index in [0.717, 1.165) is 36.2 Å². The molecule has 1 aliphatic rings. The first-order valence-electron chi connectivity index (χ1n) is 9.29. The van der Waals surface area contributed by atoms with Crippen LogP contribution in [-0.4, -0.2) is 44.1 Å². The number of benzene rings is 2. The molecule has 1 amide bonds. The fourth-order valence-corrected chi connectivity index (χ4v) is 3.51. The molecule has 0 spiro atoms. The molecular formula is C21H24N4O2. The SMILES string of the molecule is CN(C)c1ccc(C(=O)NCC2CCCN2c2nc3ccccc3o2)cc1. The maximum absolute atomic E-state index is 12.5. The van der Waals surface area contributed by atoms with E-state index in [1.54, 1.807) is 0 Å². The van der Waals surface area contributed by atoms with Crippen LogP contribution >= 0.6 is 0 Å². The number of nitrogens with one attached hydrogen (secondary N) is 1. The highest BCUT2D eigenvalue weighted by Crippen LogP contribution is 2.28. The minimum Gasteiger partial charge on any atom is -0.423 e. The van der Waals surface area contributed by atoms with Gasteiger partial charge >= 0.3 is 0 Å². The van der Waals surface area contributed by atoms with Gasteiger partial charge in [0.2, 0.25) is 0 Å². The Hall–Kier alpha value is -3.02. The molecule has 0 saturated carbocycles. The Morgan fingerprint density at radius 2 is 2.00 bits per heavy atom. The van der Waals surface area contributed by atoms with Crippen molar-refractivity contribution in [3.05, 3.63) is 54.1 Å². The van der Waals surface area contributed by atoms with Gasteiger partial charge in [-0.05, 0) is 49.2 Å². The number of hydrogen-bond acceptors (Lipinski definition) is 5. The minimum atomic E-state index is -0.0512. The van der Waals surface area contributed by atoms with Crippen LogP contribution in [0.3, 0.4) is 0 Å². The lowest BCUT2D eigenvalue weighted by Gasteiger charge is -2.23. The Balaban J connectivity index is 1.41. The van der Waals surface area contributed by atoms with E-state index in [2.05, 4.69) is 15.2 Å². The second kappa shape index (κ2) is 7.31. The Kier molecular flexibility index (Phi) is 4.71. The number of carbonyl (C=O) groups excluding carboxylic acids is 1. The monoisotopic (exact) mass is 364 g/mol. The zero-order valence-corrected chi connectivity index (χ0v) is 15.7. The van der Waals surface area contributed by atoms with E-state index >= 15 is 0 Å². The first-order valence-corrected chi connectivity index (χ1v) is 9.29. The van der Waals surface area contributed by atoms with Gasteiger partial charge in [-0.1, -0.05) is 12.1 Å². The van der Waals surface area contributed by atoms with Gasteiger partial charge in [-0.15, -0.1) is 0 Å². The van der Waals surface area contributed by atoms with Gasteiger partial charge in [0.15, 0.2) is 5.58 Å². The molecule has 1 aliphatic heterocycles. The number of anilines is 2. The van der Waals surface area contributed by atoms with Crippen molar-refractivity contribution in [3.63, 3.8) is 0 Å². The molecule has 2 heterocycles. The van der Waals surface area contributed by atoms with Crippen LogP contribution in [0.15, 0.2) is 52.9 Å². The zero-order chi connectivity index (χ0) is 18.8. The normalized spacial score (nSPS) is 16.7. The zero-order valence-electron chi connectivity index (χ0n) is 15.7. The van der Waals surface area contributed by atoms with Crippen LogP contribution in [0.2, 0.25) is 0 Å². The van der Waals surface area contributed by atoms with Crippen molar-refractivity contribution in [2.45, 2.75) is 18.9 Å². The minimum absolute atomic E-state index is 0.0512. The molecule has 1 unspecified atom stereocenters. The van der Waals surface area contributed by atoms with Crippen LogP contribution in [0.4, 0.5) is 11.7 Å². The molecule has 1 saturated heterocycles. The standard InChI is InChI=1S/C21H24N4O2/c1-24(2)16-11-9-15(10-12-16)20(26)22-14-17-6-5-13-25(17)21-23-18-7-3-4-8-19(18)27-21/h3-4,7-12,17H,5-6,13-14H2,1-2H3,(H,22,26). The molecule has 0 aliphatic carbocycles. The Morgan fingerprint density at radius 1 is 1.22 bits per heavy atom. The van der Waals surface area contributed by atoms with Gasteiger partial charge in [-0.25, -0.2) is 0 Å². The van der Waals surface area contributed by atoms with Gasteiger partial charge in [0.25, 0.3) is 11.9 Å². The lowest BCUT2D eigenvalue weighted by atomic mass is 10.1. The Labute approximate surface area is 158 Å². The van der Waals surface area contributed by atoms with Gasteiger partial charge in [-0.2, -0.15) is 4.98 Å². The average Bonchev–Trinajstić information content (AvgIpc) is 3.32. The molecule has 1 N–H and O–H groups in total. The first-order chi connectivity index (χ1) is 13.1. The molecule has 1 aromatic heterocycles. The first kappa shape index (κ1) is 17.4. The van der Waals surface area contributed by atoms with E-state index in [-0.39, 0.29) is 11.9 Å². The summed E-state index contributed by atoms with van der Waals surface area (Å²) in [6.07, 6.45) is 2.08. The summed E-state index contributed by atoms with van der Waals surface area (Å²) in [5.74, 6) is -0.0512.